The number of rotatable bonds is 2. The van der Waals surface area contributed by atoms with E-state index < -0.39 is 17.7 Å². The van der Waals surface area contributed by atoms with Gasteiger partial charge in [-0.05, 0) is 24.6 Å². The predicted molar refractivity (Wildman–Crippen MR) is 58.5 cm³/mol. The Kier molecular flexibility index (Phi) is 3.71. The van der Waals surface area contributed by atoms with E-state index >= 15 is 0 Å². The van der Waals surface area contributed by atoms with Crippen molar-refractivity contribution in [3.8, 4) is 0 Å². The zero-order valence-electron chi connectivity index (χ0n) is 9.49. The van der Waals surface area contributed by atoms with Gasteiger partial charge in [-0.1, -0.05) is 6.07 Å². The van der Waals surface area contributed by atoms with Gasteiger partial charge in [-0.25, -0.2) is 8.78 Å². The average Bonchev–Trinajstić information content (AvgIpc) is 2.33. The molecule has 1 aliphatic heterocycles. The molecule has 2 N–H and O–H groups in total. The smallest absolute Gasteiger partial charge is 0.159 e. The number of benzene rings is 1. The molecule has 0 saturated carbocycles. The van der Waals surface area contributed by atoms with E-state index in [0.717, 1.165) is 12.1 Å². The first kappa shape index (κ1) is 12.4. The lowest BCUT2D eigenvalue weighted by Gasteiger charge is -2.33. The van der Waals surface area contributed by atoms with Gasteiger partial charge in [0.1, 0.15) is 0 Å². The van der Waals surface area contributed by atoms with Gasteiger partial charge in [0, 0.05) is 0 Å². The summed E-state index contributed by atoms with van der Waals surface area (Å²) in [4.78, 5) is 0. The van der Waals surface area contributed by atoms with Crippen molar-refractivity contribution in [2.24, 2.45) is 0 Å². The largest absolute Gasteiger partial charge is 0.392 e. The normalized spacial score (nSPS) is 26.8. The topological polar surface area (TPSA) is 41.5 Å². The molecule has 0 aliphatic carbocycles. The SMILES string of the molecule is CC(O)[C@H]1COC[C@@H](c2ccc(F)c(F)c2)N1. The molecule has 1 aromatic rings. The van der Waals surface area contributed by atoms with E-state index in [1.165, 1.54) is 6.07 Å². The number of morpholine rings is 1. The average molecular weight is 243 g/mol. The highest BCUT2D eigenvalue weighted by Gasteiger charge is 2.26. The van der Waals surface area contributed by atoms with E-state index in [-0.39, 0.29) is 12.1 Å². The number of halogens is 2. The highest BCUT2D eigenvalue weighted by atomic mass is 19.2. The van der Waals surface area contributed by atoms with Crippen LogP contribution < -0.4 is 5.32 Å². The van der Waals surface area contributed by atoms with Gasteiger partial charge in [-0.15, -0.1) is 0 Å². The highest BCUT2D eigenvalue weighted by Crippen LogP contribution is 2.20. The lowest BCUT2D eigenvalue weighted by atomic mass is 10.0. The number of hydrogen-bond donors (Lipinski definition) is 2. The number of hydrogen-bond acceptors (Lipinski definition) is 3. The van der Waals surface area contributed by atoms with Crippen LogP contribution in [0.1, 0.15) is 18.5 Å². The molecule has 17 heavy (non-hydrogen) atoms. The molecular weight excluding hydrogens is 228 g/mol. The molecule has 1 heterocycles. The maximum absolute atomic E-state index is 13.1. The number of ether oxygens (including phenoxy) is 1. The monoisotopic (exact) mass is 243 g/mol. The van der Waals surface area contributed by atoms with Gasteiger partial charge < -0.3 is 15.2 Å². The Morgan fingerprint density at radius 2 is 2.12 bits per heavy atom. The van der Waals surface area contributed by atoms with Gasteiger partial charge in [0.25, 0.3) is 0 Å². The van der Waals surface area contributed by atoms with Crippen LogP contribution in [0.3, 0.4) is 0 Å². The fraction of sp³-hybridized carbons (Fsp3) is 0.500. The van der Waals surface area contributed by atoms with E-state index in [4.69, 9.17) is 4.74 Å². The first-order chi connectivity index (χ1) is 8.08. The van der Waals surface area contributed by atoms with Crippen LogP contribution in [-0.4, -0.2) is 30.5 Å². The van der Waals surface area contributed by atoms with Crippen molar-refractivity contribution in [2.75, 3.05) is 13.2 Å². The Bertz CT molecular complexity index is 398. The van der Waals surface area contributed by atoms with Crippen LogP contribution in [0.25, 0.3) is 0 Å². The summed E-state index contributed by atoms with van der Waals surface area (Å²) in [5.41, 5.74) is 0.620. The second-order valence-electron chi connectivity index (χ2n) is 4.28. The van der Waals surface area contributed by atoms with Gasteiger partial charge >= 0.3 is 0 Å². The van der Waals surface area contributed by atoms with Gasteiger partial charge in [-0.3, -0.25) is 0 Å². The van der Waals surface area contributed by atoms with Gasteiger partial charge in [0.2, 0.25) is 0 Å². The summed E-state index contributed by atoms with van der Waals surface area (Å²) in [6.45, 7) is 2.46. The van der Waals surface area contributed by atoms with Crippen LogP contribution in [0.2, 0.25) is 0 Å². The molecule has 5 heteroatoms. The summed E-state index contributed by atoms with van der Waals surface area (Å²) in [7, 11) is 0. The van der Waals surface area contributed by atoms with Crippen molar-refractivity contribution in [2.45, 2.75) is 25.1 Å². The van der Waals surface area contributed by atoms with Crippen molar-refractivity contribution >= 4 is 0 Å². The number of aliphatic hydroxyl groups is 1. The minimum absolute atomic E-state index is 0.193. The number of nitrogens with one attached hydrogen (secondary N) is 1. The zero-order chi connectivity index (χ0) is 12.4. The second-order valence-corrected chi connectivity index (χ2v) is 4.28. The van der Waals surface area contributed by atoms with Crippen LogP contribution in [0, 0.1) is 11.6 Å². The number of aliphatic hydroxyl groups excluding tert-OH is 1. The highest BCUT2D eigenvalue weighted by molar-refractivity contribution is 5.22. The van der Waals surface area contributed by atoms with E-state index in [0.29, 0.717) is 18.8 Å². The van der Waals surface area contributed by atoms with E-state index in [2.05, 4.69) is 5.32 Å². The molecule has 2 rings (SSSR count). The van der Waals surface area contributed by atoms with Crippen LogP contribution in [0.5, 0.6) is 0 Å². The molecule has 1 unspecified atom stereocenters. The fourth-order valence-corrected chi connectivity index (χ4v) is 1.87. The maximum Gasteiger partial charge on any atom is 0.159 e. The molecule has 1 fully saturated rings. The first-order valence-corrected chi connectivity index (χ1v) is 5.54. The Morgan fingerprint density at radius 3 is 2.76 bits per heavy atom. The molecule has 0 amide bonds. The summed E-state index contributed by atoms with van der Waals surface area (Å²) in [6, 6.07) is 3.35. The van der Waals surface area contributed by atoms with Gasteiger partial charge in [0.15, 0.2) is 11.6 Å². The fourth-order valence-electron chi connectivity index (χ4n) is 1.87. The summed E-state index contributed by atoms with van der Waals surface area (Å²) in [5.74, 6) is -1.74. The van der Waals surface area contributed by atoms with Crippen molar-refractivity contribution in [1.29, 1.82) is 0 Å². The molecule has 3 nitrogen and oxygen atoms in total. The van der Waals surface area contributed by atoms with Crippen molar-refractivity contribution in [3.05, 3.63) is 35.4 Å². The molecule has 0 radical (unpaired) electrons. The van der Waals surface area contributed by atoms with Crippen molar-refractivity contribution < 1.29 is 18.6 Å². The quantitative estimate of drug-likeness (QED) is 0.824. The minimum Gasteiger partial charge on any atom is -0.392 e. The zero-order valence-corrected chi connectivity index (χ0v) is 9.49. The maximum atomic E-state index is 13.1. The molecule has 94 valence electrons. The second kappa shape index (κ2) is 5.08. The molecule has 1 saturated heterocycles. The first-order valence-electron chi connectivity index (χ1n) is 5.54. The van der Waals surface area contributed by atoms with Gasteiger partial charge in [-0.2, -0.15) is 0 Å². The molecule has 0 spiro atoms. The minimum atomic E-state index is -0.872. The van der Waals surface area contributed by atoms with Gasteiger partial charge in [0.05, 0.1) is 31.4 Å². The lowest BCUT2D eigenvalue weighted by molar-refractivity contribution is 0.00112. The van der Waals surface area contributed by atoms with Crippen LogP contribution >= 0.6 is 0 Å². The summed E-state index contributed by atoms with van der Waals surface area (Å²) < 4.78 is 31.2. The summed E-state index contributed by atoms with van der Waals surface area (Å²) >= 11 is 0. The van der Waals surface area contributed by atoms with Crippen LogP contribution in [0.4, 0.5) is 8.78 Å². The Labute approximate surface area is 98.4 Å². The van der Waals surface area contributed by atoms with Crippen LogP contribution in [-0.2, 0) is 4.74 Å². The third kappa shape index (κ3) is 2.80. The third-order valence-corrected chi connectivity index (χ3v) is 2.93. The van der Waals surface area contributed by atoms with E-state index in [9.17, 15) is 13.9 Å². The molecular formula is C12H15F2NO2. The molecule has 0 bridgehead atoms. The summed E-state index contributed by atoms with van der Waals surface area (Å²) in [5, 5.41) is 12.6. The van der Waals surface area contributed by atoms with Crippen LogP contribution in [0.15, 0.2) is 18.2 Å². The van der Waals surface area contributed by atoms with Crippen molar-refractivity contribution in [1.82, 2.24) is 5.32 Å². The Morgan fingerprint density at radius 1 is 1.35 bits per heavy atom. The molecule has 1 aliphatic rings. The molecule has 1 aromatic carbocycles. The summed E-state index contributed by atoms with van der Waals surface area (Å²) in [6.07, 6.45) is -0.553. The third-order valence-electron chi connectivity index (χ3n) is 2.93. The standard InChI is InChI=1S/C12H15F2NO2/c1-7(16)11-5-17-6-12(15-11)8-2-3-9(13)10(14)4-8/h2-4,7,11-12,15-16H,5-6H2,1H3/t7?,11-,12+/m1/s1. The Balaban J connectivity index is 2.13. The Hall–Kier alpha value is -1.04. The van der Waals surface area contributed by atoms with Crippen molar-refractivity contribution in [3.63, 3.8) is 0 Å². The van der Waals surface area contributed by atoms with E-state index in [1.54, 1.807) is 6.92 Å². The lowest BCUT2D eigenvalue weighted by Crippen LogP contribution is -2.49. The predicted octanol–water partition coefficient (Wildman–Crippen LogP) is 1.38. The van der Waals surface area contributed by atoms with E-state index in [1.807, 2.05) is 0 Å². The molecule has 0 aromatic heterocycles. The molecule has 3 atom stereocenters.